The molecule has 1 unspecified atom stereocenters. The van der Waals surface area contributed by atoms with Gasteiger partial charge in [-0.3, -0.25) is 0 Å². The molecule has 14 heavy (non-hydrogen) atoms. The van der Waals surface area contributed by atoms with Crippen LogP contribution < -0.4 is 0 Å². The van der Waals surface area contributed by atoms with Gasteiger partial charge in [-0.2, -0.15) is 0 Å². The Labute approximate surface area is 102 Å². The van der Waals surface area contributed by atoms with Crippen LogP contribution in [0.5, 0.6) is 0 Å². The molecule has 4 nitrogen and oxygen atoms in total. The summed E-state index contributed by atoms with van der Waals surface area (Å²) >= 11 is 0. The molecule has 0 rings (SSSR count). The smallest absolute Gasteiger partial charge is 0.0944 e. The van der Waals surface area contributed by atoms with Crippen LogP contribution in [0.3, 0.4) is 0 Å². The molecule has 1 radical (unpaired) electrons. The summed E-state index contributed by atoms with van der Waals surface area (Å²) in [4.78, 5) is 0. The van der Waals surface area contributed by atoms with Crippen LogP contribution in [-0.4, -0.2) is 28.3 Å². The minimum Gasteiger partial charge on any atom is -0.412 e. The summed E-state index contributed by atoms with van der Waals surface area (Å²) in [6.45, 7) is 7.77. The summed E-state index contributed by atoms with van der Waals surface area (Å²) < 4.78 is 5.41. The molecular formula is C9H23O4Ti. The molecule has 0 fully saturated rings. The van der Waals surface area contributed by atoms with Gasteiger partial charge < -0.3 is 20.8 Å². The van der Waals surface area contributed by atoms with Crippen molar-refractivity contribution in [1.82, 2.24) is 0 Å². The van der Waals surface area contributed by atoms with Crippen molar-refractivity contribution in [2.75, 3.05) is 0 Å². The van der Waals surface area contributed by atoms with Crippen LogP contribution in [0.1, 0.15) is 40.5 Å². The fraction of sp³-hybridized carbons (Fsp3) is 0.889. The SMILES string of the molecule is C[C](CCC(C)O)OC(C)C.O.O.[Ti]. The molecule has 0 aromatic rings. The molecule has 0 aliphatic carbocycles. The molecule has 0 aromatic carbocycles. The molecule has 0 bridgehead atoms. The van der Waals surface area contributed by atoms with Crippen LogP contribution in [-0.2, 0) is 26.5 Å². The Morgan fingerprint density at radius 2 is 1.64 bits per heavy atom. The third kappa shape index (κ3) is 18.4. The zero-order valence-corrected chi connectivity index (χ0v) is 11.0. The summed E-state index contributed by atoms with van der Waals surface area (Å²) in [7, 11) is 0. The fourth-order valence-electron chi connectivity index (χ4n) is 0.873. The molecule has 0 saturated heterocycles. The normalized spacial score (nSPS) is 11.4. The Bertz CT molecular complexity index is 98.8. The maximum absolute atomic E-state index is 8.97. The third-order valence-electron chi connectivity index (χ3n) is 1.35. The van der Waals surface area contributed by atoms with Crippen molar-refractivity contribution in [2.45, 2.75) is 52.7 Å². The number of hydrogen-bond donors (Lipinski definition) is 1. The molecule has 0 amide bonds. The van der Waals surface area contributed by atoms with Gasteiger partial charge in [0.1, 0.15) is 0 Å². The molecule has 0 saturated carbocycles. The number of rotatable bonds is 5. The minimum absolute atomic E-state index is 0. The topological polar surface area (TPSA) is 92.5 Å². The van der Waals surface area contributed by atoms with Gasteiger partial charge in [0.15, 0.2) is 0 Å². The molecule has 0 aliphatic heterocycles. The van der Waals surface area contributed by atoms with Crippen molar-refractivity contribution in [2.24, 2.45) is 0 Å². The van der Waals surface area contributed by atoms with Crippen molar-refractivity contribution in [3.8, 4) is 0 Å². The van der Waals surface area contributed by atoms with Gasteiger partial charge in [0.2, 0.25) is 0 Å². The zero-order chi connectivity index (χ0) is 8.85. The van der Waals surface area contributed by atoms with E-state index in [2.05, 4.69) is 0 Å². The number of hydrogen-bond acceptors (Lipinski definition) is 2. The first-order valence-electron chi connectivity index (χ1n) is 4.19. The van der Waals surface area contributed by atoms with E-state index in [1.165, 1.54) is 0 Å². The zero-order valence-electron chi connectivity index (χ0n) is 9.42. The van der Waals surface area contributed by atoms with Crippen LogP contribution in [0.15, 0.2) is 0 Å². The fourth-order valence-corrected chi connectivity index (χ4v) is 0.873. The van der Waals surface area contributed by atoms with Crippen LogP contribution in [0.2, 0.25) is 0 Å². The number of ether oxygens (including phenoxy) is 1. The molecule has 1 atom stereocenters. The van der Waals surface area contributed by atoms with Crippen LogP contribution in [0, 0.1) is 6.10 Å². The predicted octanol–water partition coefficient (Wildman–Crippen LogP) is 0.472. The van der Waals surface area contributed by atoms with E-state index in [1.54, 1.807) is 6.92 Å². The molecule has 0 aliphatic rings. The van der Waals surface area contributed by atoms with Crippen molar-refractivity contribution in [1.29, 1.82) is 0 Å². The van der Waals surface area contributed by atoms with Crippen LogP contribution in [0.25, 0.3) is 0 Å². The first-order valence-corrected chi connectivity index (χ1v) is 4.19. The van der Waals surface area contributed by atoms with E-state index in [-0.39, 0.29) is 44.9 Å². The molecule has 87 valence electrons. The van der Waals surface area contributed by atoms with Gasteiger partial charge in [-0.1, -0.05) is 0 Å². The second-order valence-electron chi connectivity index (χ2n) is 3.26. The predicted molar refractivity (Wildman–Crippen MR) is 53.3 cm³/mol. The average Bonchev–Trinajstić information content (AvgIpc) is 1.82. The van der Waals surface area contributed by atoms with E-state index in [9.17, 15) is 0 Å². The van der Waals surface area contributed by atoms with E-state index in [1.807, 2.05) is 20.8 Å². The minimum atomic E-state index is -0.222. The van der Waals surface area contributed by atoms with Crippen molar-refractivity contribution in [3.63, 3.8) is 0 Å². The van der Waals surface area contributed by atoms with Gasteiger partial charge in [-0.05, 0) is 40.5 Å². The Morgan fingerprint density at radius 3 is 1.93 bits per heavy atom. The Balaban J connectivity index is -0.000000167. The van der Waals surface area contributed by atoms with Crippen molar-refractivity contribution < 1.29 is 42.5 Å². The Morgan fingerprint density at radius 1 is 1.21 bits per heavy atom. The van der Waals surface area contributed by atoms with E-state index in [0.717, 1.165) is 18.9 Å². The summed E-state index contributed by atoms with van der Waals surface area (Å²) in [5.74, 6) is 0. The monoisotopic (exact) mass is 243 g/mol. The van der Waals surface area contributed by atoms with Crippen LogP contribution >= 0.6 is 0 Å². The second-order valence-corrected chi connectivity index (χ2v) is 3.26. The quantitative estimate of drug-likeness (QED) is 0.711. The van der Waals surface area contributed by atoms with Gasteiger partial charge in [0.25, 0.3) is 0 Å². The maximum atomic E-state index is 8.97. The first kappa shape index (κ1) is 24.0. The molecule has 0 heterocycles. The van der Waals surface area contributed by atoms with E-state index in [0.29, 0.717) is 0 Å². The van der Waals surface area contributed by atoms with Gasteiger partial charge >= 0.3 is 0 Å². The molecule has 0 aromatic heterocycles. The first-order chi connectivity index (χ1) is 5.02. The summed E-state index contributed by atoms with van der Waals surface area (Å²) in [6.07, 6.45) is 2.69. The summed E-state index contributed by atoms with van der Waals surface area (Å²) in [5.41, 5.74) is 0. The number of aliphatic hydroxyl groups is 1. The molecule has 0 spiro atoms. The summed E-state index contributed by atoms with van der Waals surface area (Å²) in [6, 6.07) is 0. The van der Waals surface area contributed by atoms with Crippen molar-refractivity contribution >= 4 is 0 Å². The van der Waals surface area contributed by atoms with Crippen molar-refractivity contribution in [3.05, 3.63) is 6.10 Å². The second kappa shape index (κ2) is 13.6. The average molecular weight is 243 g/mol. The van der Waals surface area contributed by atoms with Gasteiger partial charge in [0, 0.05) is 21.7 Å². The molecule has 5 heteroatoms. The van der Waals surface area contributed by atoms with Gasteiger partial charge in [-0.25, -0.2) is 0 Å². The van der Waals surface area contributed by atoms with Crippen LogP contribution in [0.4, 0.5) is 0 Å². The van der Waals surface area contributed by atoms with E-state index in [4.69, 9.17) is 9.84 Å². The largest absolute Gasteiger partial charge is 0.412 e. The molecular weight excluding hydrogens is 220 g/mol. The van der Waals surface area contributed by atoms with E-state index >= 15 is 0 Å². The number of aliphatic hydroxyl groups excluding tert-OH is 1. The molecule has 5 N–H and O–H groups in total. The standard InChI is InChI=1S/C9H19O2.2H2O.Ti/c1-7(2)11-9(4)6-5-8(3)10;;;/h7-8,10H,5-6H2,1-4H3;2*1H2;. The Hall–Kier alpha value is 0.554. The Kier molecular flexibility index (Phi) is 23.2. The third-order valence-corrected chi connectivity index (χ3v) is 1.35. The van der Waals surface area contributed by atoms with Gasteiger partial charge in [-0.15, -0.1) is 0 Å². The van der Waals surface area contributed by atoms with Gasteiger partial charge in [0.05, 0.1) is 18.3 Å². The summed E-state index contributed by atoms with van der Waals surface area (Å²) in [5, 5.41) is 8.97. The maximum Gasteiger partial charge on any atom is 0.0944 e. The van der Waals surface area contributed by atoms with E-state index < -0.39 is 0 Å².